The summed E-state index contributed by atoms with van der Waals surface area (Å²) in [5.74, 6) is -0.0406. The van der Waals surface area contributed by atoms with Crippen LogP contribution in [0.15, 0.2) is 29.1 Å². The third kappa shape index (κ3) is 4.60. The normalized spacial score (nSPS) is 10.2. The van der Waals surface area contributed by atoms with Gasteiger partial charge in [0, 0.05) is 52.9 Å². The molecule has 2 rings (SSSR count). The zero-order valence-electron chi connectivity index (χ0n) is 12.2. The van der Waals surface area contributed by atoms with Crippen molar-refractivity contribution < 1.29 is 46.6 Å². The van der Waals surface area contributed by atoms with Gasteiger partial charge in [0.25, 0.3) is 0 Å². The third-order valence-electron chi connectivity index (χ3n) is 2.93. The van der Waals surface area contributed by atoms with E-state index in [1.54, 1.807) is 32.4 Å². The topological polar surface area (TPSA) is 40.5 Å². The number of benzene rings is 1. The Morgan fingerprint density at radius 3 is 2.73 bits per heavy atom. The van der Waals surface area contributed by atoms with Gasteiger partial charge in [0.2, 0.25) is 5.56 Å². The first kappa shape index (κ1) is 19.7. The predicted molar refractivity (Wildman–Crippen MR) is 86.0 cm³/mol. The smallest absolute Gasteiger partial charge is 0.207 e. The number of rotatable bonds is 5. The minimum atomic E-state index is -0.461. The summed E-state index contributed by atoms with van der Waals surface area (Å²) >= 11 is 1.93. The van der Waals surface area contributed by atoms with E-state index in [1.807, 2.05) is 22.6 Å². The average Bonchev–Trinajstić information content (AvgIpc) is 2.46. The Labute approximate surface area is 167 Å². The minimum Gasteiger partial charge on any atom is -0.491 e. The van der Waals surface area contributed by atoms with Gasteiger partial charge in [-0.05, 0) is 9.64 Å². The van der Waals surface area contributed by atoms with Crippen molar-refractivity contribution in [3.8, 4) is 17.0 Å². The molecule has 0 amide bonds. The summed E-state index contributed by atoms with van der Waals surface area (Å²) in [6, 6.07) is 9.01. The second-order valence-corrected chi connectivity index (χ2v) is 5.49. The van der Waals surface area contributed by atoms with Gasteiger partial charge < -0.3 is 14.0 Å². The van der Waals surface area contributed by atoms with Crippen LogP contribution in [-0.4, -0.2) is 24.9 Å². The Morgan fingerprint density at radius 1 is 1.36 bits per heavy atom. The fourth-order valence-corrected chi connectivity index (χ4v) is 2.35. The Kier molecular flexibility index (Phi) is 8.17. The molecule has 1 heterocycles. The standard InChI is InChI=1S/C15H14FINO3.Y/c1-18-14(6-5-13(17)15(18)19)11-4-3-10(9-12(11)16)21-8-7-20-2;/h3-5,9H,7-8H2,1-2H3;/q-1;. The SMILES string of the molecule is COCCOc1ccc(-c2[c-]cc(I)c(=O)n2C)c(F)c1.[Y]. The summed E-state index contributed by atoms with van der Waals surface area (Å²) in [5.41, 5.74) is 0.538. The van der Waals surface area contributed by atoms with Crippen LogP contribution in [0.4, 0.5) is 4.39 Å². The number of pyridine rings is 1. The van der Waals surface area contributed by atoms with Crippen molar-refractivity contribution >= 4 is 22.6 Å². The minimum absolute atomic E-state index is 0. The first-order chi connectivity index (χ1) is 10.0. The maximum atomic E-state index is 14.2. The van der Waals surface area contributed by atoms with Crippen molar-refractivity contribution in [1.29, 1.82) is 0 Å². The number of methoxy groups -OCH3 is 1. The Hall–Kier alpha value is -0.306. The van der Waals surface area contributed by atoms with E-state index in [9.17, 15) is 9.18 Å². The molecule has 1 radical (unpaired) electrons. The molecule has 0 atom stereocenters. The molecule has 1 aromatic heterocycles. The number of nitrogens with zero attached hydrogens (tertiary/aromatic N) is 1. The quantitative estimate of drug-likeness (QED) is 0.367. The molecule has 0 N–H and O–H groups in total. The van der Waals surface area contributed by atoms with Crippen molar-refractivity contribution in [2.75, 3.05) is 20.3 Å². The van der Waals surface area contributed by atoms with Crippen molar-refractivity contribution in [3.63, 3.8) is 0 Å². The van der Waals surface area contributed by atoms with Gasteiger partial charge in [-0.25, -0.2) is 4.39 Å². The van der Waals surface area contributed by atoms with E-state index in [0.717, 1.165) is 0 Å². The maximum absolute atomic E-state index is 14.2. The molecule has 0 bridgehead atoms. The summed E-state index contributed by atoms with van der Waals surface area (Å²) in [6.07, 6.45) is 0. The Morgan fingerprint density at radius 2 is 2.09 bits per heavy atom. The summed E-state index contributed by atoms with van der Waals surface area (Å²) in [4.78, 5) is 11.9. The number of hydrogen-bond donors (Lipinski definition) is 0. The molecule has 22 heavy (non-hydrogen) atoms. The Bertz CT molecular complexity index is 706. The number of aromatic nitrogens is 1. The molecule has 115 valence electrons. The molecule has 7 heteroatoms. The second kappa shape index (κ2) is 9.10. The van der Waals surface area contributed by atoms with E-state index in [2.05, 4.69) is 6.07 Å². The fourth-order valence-electron chi connectivity index (χ4n) is 1.83. The van der Waals surface area contributed by atoms with E-state index >= 15 is 0 Å². The predicted octanol–water partition coefficient (Wildman–Crippen LogP) is 2.62. The van der Waals surface area contributed by atoms with Crippen LogP contribution in [-0.2, 0) is 44.5 Å². The molecular weight excluding hydrogens is 477 g/mol. The van der Waals surface area contributed by atoms with Gasteiger partial charge in [0.1, 0.15) is 12.4 Å². The molecule has 4 nitrogen and oxygen atoms in total. The summed E-state index contributed by atoms with van der Waals surface area (Å²) in [7, 11) is 3.17. The van der Waals surface area contributed by atoms with Gasteiger partial charge in [-0.1, -0.05) is 11.3 Å². The zero-order chi connectivity index (χ0) is 15.4. The number of hydrogen-bond acceptors (Lipinski definition) is 3. The largest absolute Gasteiger partial charge is 0.491 e. The third-order valence-corrected chi connectivity index (χ3v) is 3.70. The van der Waals surface area contributed by atoms with E-state index in [1.165, 1.54) is 10.6 Å². The van der Waals surface area contributed by atoms with Crippen LogP contribution in [0.3, 0.4) is 0 Å². The summed E-state index contributed by atoms with van der Waals surface area (Å²) < 4.78 is 26.3. The van der Waals surface area contributed by atoms with Gasteiger partial charge >= 0.3 is 0 Å². The van der Waals surface area contributed by atoms with Crippen LogP contribution < -0.4 is 10.3 Å². The van der Waals surface area contributed by atoms with Crippen molar-refractivity contribution in [2.45, 2.75) is 0 Å². The fraction of sp³-hybridized carbons (Fsp3) is 0.267. The first-order valence-electron chi connectivity index (χ1n) is 6.23. The summed E-state index contributed by atoms with van der Waals surface area (Å²) in [5, 5.41) is 0. The van der Waals surface area contributed by atoms with Crippen LogP contribution in [0.5, 0.6) is 5.75 Å². The molecule has 1 aromatic carbocycles. The maximum Gasteiger partial charge on any atom is 0.207 e. The van der Waals surface area contributed by atoms with Crippen LogP contribution in [0.2, 0.25) is 0 Å². The van der Waals surface area contributed by atoms with E-state index in [0.29, 0.717) is 33.8 Å². The molecule has 0 aliphatic rings. The molecule has 0 spiro atoms. The molecule has 0 aliphatic heterocycles. The van der Waals surface area contributed by atoms with Gasteiger partial charge in [0.05, 0.1) is 12.4 Å². The Balaban J connectivity index is 0.00000242. The van der Waals surface area contributed by atoms with Crippen molar-refractivity contribution in [1.82, 2.24) is 4.57 Å². The van der Waals surface area contributed by atoms with Crippen LogP contribution in [0.25, 0.3) is 11.3 Å². The van der Waals surface area contributed by atoms with E-state index in [4.69, 9.17) is 9.47 Å². The second-order valence-electron chi connectivity index (χ2n) is 4.33. The molecule has 0 unspecified atom stereocenters. The summed E-state index contributed by atoms with van der Waals surface area (Å²) in [6.45, 7) is 0.784. The monoisotopic (exact) mass is 491 g/mol. The zero-order valence-corrected chi connectivity index (χ0v) is 17.2. The van der Waals surface area contributed by atoms with Gasteiger partial charge in [-0.3, -0.25) is 4.79 Å². The first-order valence-corrected chi connectivity index (χ1v) is 7.31. The van der Waals surface area contributed by atoms with Crippen molar-refractivity contribution in [2.24, 2.45) is 7.05 Å². The van der Waals surface area contributed by atoms with Crippen LogP contribution in [0, 0.1) is 15.5 Å². The van der Waals surface area contributed by atoms with Gasteiger partial charge in [0.15, 0.2) is 0 Å². The van der Waals surface area contributed by atoms with E-state index < -0.39 is 5.82 Å². The average molecular weight is 491 g/mol. The molecule has 0 saturated carbocycles. The van der Waals surface area contributed by atoms with Gasteiger partial charge in [-0.15, -0.1) is 28.7 Å². The molecule has 2 aromatic rings. The van der Waals surface area contributed by atoms with Gasteiger partial charge in [-0.2, -0.15) is 12.1 Å². The molecule has 0 saturated heterocycles. The molecular formula is C15H14FINO3Y-. The van der Waals surface area contributed by atoms with Crippen LogP contribution in [0.1, 0.15) is 0 Å². The van der Waals surface area contributed by atoms with Crippen LogP contribution >= 0.6 is 22.6 Å². The number of halogens is 2. The molecule has 0 aliphatic carbocycles. The van der Waals surface area contributed by atoms with Crippen molar-refractivity contribution in [3.05, 3.63) is 50.1 Å². The van der Waals surface area contributed by atoms with E-state index in [-0.39, 0.29) is 38.3 Å². The number of ether oxygens (including phenoxy) is 2. The molecule has 0 fully saturated rings.